The SMILES string of the molecule is C=C([C@@H](NC(C)=O)C(C)C)N1C[C@H](O)C[C@H]1C(=O)NCc1ccc(-c2scnc2C)cc1. The number of aliphatic hydroxyl groups is 1. The molecule has 1 fully saturated rings. The van der Waals surface area contributed by atoms with E-state index in [-0.39, 0.29) is 23.8 Å². The van der Waals surface area contributed by atoms with Gasteiger partial charge in [0.15, 0.2) is 0 Å². The number of nitrogens with zero attached hydrogens (tertiary/aromatic N) is 2. The molecular weight excluding hydrogens is 424 g/mol. The van der Waals surface area contributed by atoms with Gasteiger partial charge in [0, 0.05) is 32.1 Å². The number of benzene rings is 1. The number of aromatic nitrogens is 1. The van der Waals surface area contributed by atoms with Crippen molar-refractivity contribution in [1.82, 2.24) is 20.5 Å². The van der Waals surface area contributed by atoms with Crippen molar-refractivity contribution in [3.05, 3.63) is 53.3 Å². The predicted octanol–water partition coefficient (Wildman–Crippen LogP) is 2.84. The maximum absolute atomic E-state index is 13.0. The monoisotopic (exact) mass is 456 g/mol. The minimum Gasteiger partial charge on any atom is -0.391 e. The Balaban J connectivity index is 1.64. The van der Waals surface area contributed by atoms with Crippen molar-refractivity contribution in [3.8, 4) is 10.4 Å². The minimum atomic E-state index is -0.616. The quantitative estimate of drug-likeness (QED) is 0.568. The first-order valence-corrected chi connectivity index (χ1v) is 11.7. The van der Waals surface area contributed by atoms with Gasteiger partial charge in [-0.05, 0) is 24.0 Å². The van der Waals surface area contributed by atoms with Gasteiger partial charge >= 0.3 is 0 Å². The number of carbonyl (C=O) groups excluding carboxylic acids is 2. The van der Waals surface area contributed by atoms with Crippen molar-refractivity contribution >= 4 is 23.2 Å². The molecule has 3 rings (SSSR count). The number of hydrogen-bond acceptors (Lipinski definition) is 6. The summed E-state index contributed by atoms with van der Waals surface area (Å²) in [6, 6.07) is 7.26. The molecule has 0 aliphatic carbocycles. The average Bonchev–Trinajstić information content (AvgIpc) is 3.35. The van der Waals surface area contributed by atoms with Gasteiger partial charge in [-0.1, -0.05) is 44.7 Å². The van der Waals surface area contributed by atoms with Gasteiger partial charge in [0.1, 0.15) is 6.04 Å². The second-order valence-corrected chi connectivity index (χ2v) is 9.51. The topological polar surface area (TPSA) is 94.6 Å². The molecule has 172 valence electrons. The van der Waals surface area contributed by atoms with Crippen molar-refractivity contribution in [1.29, 1.82) is 0 Å². The van der Waals surface area contributed by atoms with Crippen LogP contribution in [0.2, 0.25) is 0 Å². The van der Waals surface area contributed by atoms with Crippen LogP contribution in [0.3, 0.4) is 0 Å². The largest absolute Gasteiger partial charge is 0.391 e. The fourth-order valence-electron chi connectivity index (χ4n) is 4.07. The van der Waals surface area contributed by atoms with Gasteiger partial charge in [-0.2, -0.15) is 0 Å². The summed E-state index contributed by atoms with van der Waals surface area (Å²) in [5.74, 6) is -0.202. The van der Waals surface area contributed by atoms with Crippen molar-refractivity contribution in [2.75, 3.05) is 6.54 Å². The Morgan fingerprint density at radius 3 is 2.56 bits per heavy atom. The van der Waals surface area contributed by atoms with Crippen molar-refractivity contribution in [3.63, 3.8) is 0 Å². The van der Waals surface area contributed by atoms with Crippen LogP contribution in [-0.2, 0) is 16.1 Å². The molecule has 0 radical (unpaired) electrons. The Bertz CT molecular complexity index is 970. The summed E-state index contributed by atoms with van der Waals surface area (Å²) in [5.41, 5.74) is 5.60. The molecule has 0 bridgehead atoms. The number of β-amino-alcohol motifs (C(OH)–C–C–N with tert-alkyl or cyclic N) is 1. The van der Waals surface area contributed by atoms with Crippen LogP contribution in [0.25, 0.3) is 10.4 Å². The number of rotatable bonds is 8. The molecule has 1 saturated heterocycles. The zero-order valence-corrected chi connectivity index (χ0v) is 19.9. The summed E-state index contributed by atoms with van der Waals surface area (Å²) < 4.78 is 0. The zero-order chi connectivity index (χ0) is 23.4. The highest BCUT2D eigenvalue weighted by Gasteiger charge is 2.38. The molecule has 0 spiro atoms. The van der Waals surface area contributed by atoms with Crippen LogP contribution in [0.4, 0.5) is 0 Å². The number of hydrogen-bond donors (Lipinski definition) is 3. The van der Waals surface area contributed by atoms with Gasteiger partial charge in [0.05, 0.1) is 28.2 Å². The molecule has 1 aliphatic heterocycles. The number of thiazole rings is 1. The Morgan fingerprint density at radius 1 is 1.31 bits per heavy atom. The Labute approximate surface area is 193 Å². The van der Waals surface area contributed by atoms with E-state index in [0.29, 0.717) is 25.2 Å². The van der Waals surface area contributed by atoms with Crippen LogP contribution in [0.1, 0.15) is 38.4 Å². The number of aliphatic hydroxyl groups excluding tert-OH is 1. The summed E-state index contributed by atoms with van der Waals surface area (Å²) in [4.78, 5) is 31.9. The molecule has 7 nitrogen and oxygen atoms in total. The number of aryl methyl sites for hydroxylation is 1. The van der Waals surface area contributed by atoms with Gasteiger partial charge < -0.3 is 20.6 Å². The zero-order valence-electron chi connectivity index (χ0n) is 19.1. The van der Waals surface area contributed by atoms with E-state index in [4.69, 9.17) is 0 Å². The highest BCUT2D eigenvalue weighted by Crippen LogP contribution is 2.28. The highest BCUT2D eigenvalue weighted by molar-refractivity contribution is 7.13. The third-order valence-electron chi connectivity index (χ3n) is 5.76. The van der Waals surface area contributed by atoms with Crippen LogP contribution in [0.5, 0.6) is 0 Å². The first-order chi connectivity index (χ1) is 15.2. The standard InChI is InChI=1S/C24H32N4O3S/c1-14(2)22(27-17(5)29)16(4)28-12-20(30)10-21(28)24(31)25-11-18-6-8-19(9-7-18)23-15(3)26-13-32-23/h6-9,13-14,20-22,30H,4,10-12H2,1-3,5H3,(H,25,31)(H,27,29)/t20-,21+,22+/m1/s1. The molecule has 3 atom stereocenters. The maximum Gasteiger partial charge on any atom is 0.243 e. The first-order valence-electron chi connectivity index (χ1n) is 10.8. The third-order valence-corrected chi connectivity index (χ3v) is 6.74. The fraction of sp³-hybridized carbons (Fsp3) is 0.458. The molecule has 0 unspecified atom stereocenters. The summed E-state index contributed by atoms with van der Waals surface area (Å²) in [6.07, 6.45) is -0.283. The van der Waals surface area contributed by atoms with Gasteiger partial charge in [-0.25, -0.2) is 4.98 Å². The van der Waals surface area contributed by atoms with Gasteiger partial charge in [0.25, 0.3) is 0 Å². The number of likely N-dealkylation sites (tertiary alicyclic amines) is 1. The van der Waals surface area contributed by atoms with E-state index < -0.39 is 12.1 Å². The first kappa shape index (κ1) is 23.9. The Morgan fingerprint density at radius 2 is 2.00 bits per heavy atom. The van der Waals surface area contributed by atoms with Crippen LogP contribution in [-0.4, -0.2) is 51.5 Å². The molecule has 1 aromatic carbocycles. The molecule has 32 heavy (non-hydrogen) atoms. The van der Waals surface area contributed by atoms with Gasteiger partial charge in [0.2, 0.25) is 11.8 Å². The molecule has 2 amide bonds. The lowest BCUT2D eigenvalue weighted by atomic mass is 10.00. The highest BCUT2D eigenvalue weighted by atomic mass is 32.1. The fourth-order valence-corrected chi connectivity index (χ4v) is 4.88. The van der Waals surface area contributed by atoms with Crippen molar-refractivity contribution < 1.29 is 14.7 Å². The number of carbonyl (C=O) groups is 2. The summed E-state index contributed by atoms with van der Waals surface area (Å²) >= 11 is 1.61. The summed E-state index contributed by atoms with van der Waals surface area (Å²) in [5, 5.41) is 16.1. The van der Waals surface area contributed by atoms with E-state index in [0.717, 1.165) is 21.7 Å². The Kier molecular flexibility index (Phi) is 7.69. The smallest absolute Gasteiger partial charge is 0.243 e. The summed E-state index contributed by atoms with van der Waals surface area (Å²) in [6.45, 7) is 12.3. The van der Waals surface area contributed by atoms with Gasteiger partial charge in [-0.15, -0.1) is 11.3 Å². The Hall–Kier alpha value is -2.71. The van der Waals surface area contributed by atoms with E-state index in [2.05, 4.69) is 22.2 Å². The molecule has 1 aliphatic rings. The lowest BCUT2D eigenvalue weighted by Gasteiger charge is -2.34. The predicted molar refractivity (Wildman–Crippen MR) is 127 cm³/mol. The van der Waals surface area contributed by atoms with E-state index in [1.54, 1.807) is 11.3 Å². The van der Waals surface area contributed by atoms with Crippen LogP contribution >= 0.6 is 11.3 Å². The van der Waals surface area contributed by atoms with Crippen molar-refractivity contribution in [2.24, 2.45) is 5.92 Å². The third kappa shape index (κ3) is 5.55. The van der Waals surface area contributed by atoms with E-state index in [9.17, 15) is 14.7 Å². The molecule has 2 heterocycles. The second-order valence-electron chi connectivity index (χ2n) is 8.65. The molecular formula is C24H32N4O3S. The summed E-state index contributed by atoms with van der Waals surface area (Å²) in [7, 11) is 0. The molecule has 3 N–H and O–H groups in total. The average molecular weight is 457 g/mol. The minimum absolute atomic E-state index is 0.105. The lowest BCUT2D eigenvalue weighted by Crippen LogP contribution is -2.49. The number of nitrogens with one attached hydrogen (secondary N) is 2. The van der Waals surface area contributed by atoms with Crippen LogP contribution < -0.4 is 10.6 Å². The molecule has 2 aromatic rings. The van der Waals surface area contributed by atoms with E-state index in [1.165, 1.54) is 6.92 Å². The van der Waals surface area contributed by atoms with E-state index in [1.807, 2.05) is 55.4 Å². The number of amides is 2. The molecule has 0 saturated carbocycles. The molecule has 1 aromatic heterocycles. The van der Waals surface area contributed by atoms with Gasteiger partial charge in [-0.3, -0.25) is 9.59 Å². The lowest BCUT2D eigenvalue weighted by molar-refractivity contribution is -0.125. The van der Waals surface area contributed by atoms with Crippen LogP contribution in [0.15, 0.2) is 42.1 Å². The normalized spacial score (nSPS) is 19.1. The molecule has 8 heteroatoms. The van der Waals surface area contributed by atoms with Crippen LogP contribution in [0, 0.1) is 12.8 Å². The van der Waals surface area contributed by atoms with Crippen molar-refractivity contribution in [2.45, 2.75) is 58.8 Å². The second kappa shape index (κ2) is 10.3. The van der Waals surface area contributed by atoms with E-state index >= 15 is 0 Å². The maximum atomic E-state index is 13.0.